The third kappa shape index (κ3) is 2.30. The minimum absolute atomic E-state index is 0.225. The number of nitrogens with zero attached hydrogens (tertiary/aromatic N) is 3. The number of nitrogens with one attached hydrogen (secondary N) is 1. The molecule has 0 bridgehead atoms. The van der Waals surface area contributed by atoms with Gasteiger partial charge in [0.2, 0.25) is 5.95 Å². The molecule has 0 saturated heterocycles. The van der Waals surface area contributed by atoms with Crippen molar-refractivity contribution >= 4 is 11.6 Å². The maximum Gasteiger partial charge on any atom is 0.243 e. The monoisotopic (exact) mass is 220 g/mol. The van der Waals surface area contributed by atoms with Crippen molar-refractivity contribution in [2.45, 2.75) is 19.4 Å². The molecule has 1 N–H and O–H groups in total. The Morgan fingerprint density at radius 2 is 2.25 bits per heavy atom. The molecule has 0 radical (unpaired) electrons. The lowest BCUT2D eigenvalue weighted by atomic mass is 10.1. The van der Waals surface area contributed by atoms with Crippen LogP contribution in [-0.2, 0) is 4.74 Å². The highest BCUT2D eigenvalue weighted by atomic mass is 16.5. The van der Waals surface area contributed by atoms with Gasteiger partial charge in [0, 0.05) is 19.9 Å². The highest BCUT2D eigenvalue weighted by Crippen LogP contribution is 2.09. The molecule has 0 fully saturated rings. The van der Waals surface area contributed by atoms with Gasteiger partial charge in [-0.25, -0.2) is 4.52 Å². The van der Waals surface area contributed by atoms with Gasteiger partial charge < -0.3 is 10.1 Å². The number of rotatable bonds is 4. The third-order valence-electron chi connectivity index (χ3n) is 2.47. The number of aromatic nitrogens is 3. The number of methoxy groups -OCH3 is 1. The SMILES string of the molecule is COC(C)(C)CNc1nc2ccccn2n1. The lowest BCUT2D eigenvalue weighted by Crippen LogP contribution is -2.32. The molecule has 2 aromatic rings. The summed E-state index contributed by atoms with van der Waals surface area (Å²) in [5.74, 6) is 0.622. The van der Waals surface area contributed by atoms with Gasteiger partial charge in [0.05, 0.1) is 5.60 Å². The summed E-state index contributed by atoms with van der Waals surface area (Å²) in [4.78, 5) is 4.34. The Labute approximate surface area is 94.4 Å². The van der Waals surface area contributed by atoms with Crippen molar-refractivity contribution in [2.75, 3.05) is 19.0 Å². The van der Waals surface area contributed by atoms with Gasteiger partial charge in [-0.15, -0.1) is 5.10 Å². The van der Waals surface area contributed by atoms with E-state index in [0.29, 0.717) is 12.5 Å². The van der Waals surface area contributed by atoms with Crippen molar-refractivity contribution in [1.82, 2.24) is 14.6 Å². The van der Waals surface area contributed by atoms with Crippen LogP contribution in [0.15, 0.2) is 24.4 Å². The van der Waals surface area contributed by atoms with Crippen molar-refractivity contribution in [1.29, 1.82) is 0 Å². The molecule has 0 aromatic carbocycles. The Morgan fingerprint density at radius 3 is 2.94 bits per heavy atom. The Kier molecular flexibility index (Phi) is 2.78. The van der Waals surface area contributed by atoms with Crippen LogP contribution in [0.1, 0.15) is 13.8 Å². The van der Waals surface area contributed by atoms with E-state index in [2.05, 4.69) is 15.4 Å². The summed E-state index contributed by atoms with van der Waals surface area (Å²) < 4.78 is 7.05. The predicted molar refractivity (Wildman–Crippen MR) is 62.6 cm³/mol. The molecule has 0 spiro atoms. The van der Waals surface area contributed by atoms with E-state index in [1.54, 1.807) is 11.6 Å². The average molecular weight is 220 g/mol. The Bertz CT molecular complexity index is 445. The van der Waals surface area contributed by atoms with E-state index in [1.165, 1.54) is 0 Å². The Balaban J connectivity index is 2.10. The molecule has 2 heterocycles. The largest absolute Gasteiger partial charge is 0.377 e. The zero-order valence-corrected chi connectivity index (χ0v) is 9.77. The summed E-state index contributed by atoms with van der Waals surface area (Å²) >= 11 is 0. The van der Waals surface area contributed by atoms with E-state index in [-0.39, 0.29) is 5.60 Å². The first kappa shape index (κ1) is 10.9. The minimum Gasteiger partial charge on any atom is -0.377 e. The van der Waals surface area contributed by atoms with Gasteiger partial charge >= 0.3 is 0 Å². The Morgan fingerprint density at radius 1 is 1.44 bits per heavy atom. The summed E-state index contributed by atoms with van der Waals surface area (Å²) in [7, 11) is 1.69. The molecule has 2 rings (SSSR count). The van der Waals surface area contributed by atoms with Crippen LogP contribution in [0.25, 0.3) is 5.65 Å². The highest BCUT2D eigenvalue weighted by Gasteiger charge is 2.16. The quantitative estimate of drug-likeness (QED) is 0.849. The number of fused-ring (bicyclic) bond motifs is 1. The van der Waals surface area contributed by atoms with E-state index in [1.807, 2.05) is 38.2 Å². The van der Waals surface area contributed by atoms with Crippen LogP contribution in [-0.4, -0.2) is 33.9 Å². The lowest BCUT2D eigenvalue weighted by Gasteiger charge is -2.22. The first-order valence-corrected chi connectivity index (χ1v) is 5.21. The fourth-order valence-electron chi connectivity index (χ4n) is 1.27. The van der Waals surface area contributed by atoms with Crippen molar-refractivity contribution < 1.29 is 4.74 Å². The molecular formula is C11H16N4O. The van der Waals surface area contributed by atoms with Crippen LogP contribution in [0, 0.1) is 0 Å². The number of ether oxygens (including phenoxy) is 1. The third-order valence-corrected chi connectivity index (χ3v) is 2.47. The molecule has 5 nitrogen and oxygen atoms in total. The Hall–Kier alpha value is -1.62. The summed E-state index contributed by atoms with van der Waals surface area (Å²) in [6.45, 7) is 4.69. The van der Waals surface area contributed by atoms with Gasteiger partial charge in [-0.05, 0) is 26.0 Å². The van der Waals surface area contributed by atoms with E-state index in [9.17, 15) is 0 Å². The van der Waals surface area contributed by atoms with Crippen LogP contribution in [0.5, 0.6) is 0 Å². The minimum atomic E-state index is -0.225. The van der Waals surface area contributed by atoms with Crippen molar-refractivity contribution in [2.24, 2.45) is 0 Å². The predicted octanol–water partition coefficient (Wildman–Crippen LogP) is 1.57. The van der Waals surface area contributed by atoms with Crippen molar-refractivity contribution in [3.8, 4) is 0 Å². The van der Waals surface area contributed by atoms with Crippen LogP contribution >= 0.6 is 0 Å². The smallest absolute Gasteiger partial charge is 0.243 e. The van der Waals surface area contributed by atoms with Crippen LogP contribution in [0.4, 0.5) is 5.95 Å². The normalized spacial score (nSPS) is 11.9. The average Bonchev–Trinajstić information content (AvgIpc) is 2.69. The molecule has 2 aromatic heterocycles. The molecule has 86 valence electrons. The van der Waals surface area contributed by atoms with Crippen LogP contribution in [0.2, 0.25) is 0 Å². The van der Waals surface area contributed by atoms with Gasteiger partial charge in [-0.1, -0.05) is 6.07 Å². The fourth-order valence-corrected chi connectivity index (χ4v) is 1.27. The number of anilines is 1. The summed E-state index contributed by atoms with van der Waals surface area (Å²) in [6, 6.07) is 5.77. The van der Waals surface area contributed by atoms with Gasteiger partial charge in [0.25, 0.3) is 0 Å². The standard InChI is InChI=1S/C11H16N4O/c1-11(2,16-3)8-12-10-13-9-6-4-5-7-15(9)14-10/h4-7H,8H2,1-3H3,(H,12,14). The molecule has 0 aliphatic rings. The molecule has 0 aliphatic carbocycles. The van der Waals surface area contributed by atoms with E-state index in [0.717, 1.165) is 5.65 Å². The van der Waals surface area contributed by atoms with Crippen LogP contribution < -0.4 is 5.32 Å². The lowest BCUT2D eigenvalue weighted by molar-refractivity contribution is 0.0342. The van der Waals surface area contributed by atoms with Gasteiger partial charge in [0.15, 0.2) is 5.65 Å². The molecule has 5 heteroatoms. The molecule has 0 unspecified atom stereocenters. The van der Waals surface area contributed by atoms with Crippen LogP contribution in [0.3, 0.4) is 0 Å². The second-order valence-corrected chi connectivity index (χ2v) is 4.26. The van der Waals surface area contributed by atoms with E-state index in [4.69, 9.17) is 4.74 Å². The highest BCUT2D eigenvalue weighted by molar-refractivity contribution is 5.42. The maximum absolute atomic E-state index is 5.31. The zero-order chi connectivity index (χ0) is 11.6. The molecule has 0 aliphatic heterocycles. The first-order chi connectivity index (χ1) is 7.61. The summed E-state index contributed by atoms with van der Waals surface area (Å²) in [6.07, 6.45) is 1.87. The second kappa shape index (κ2) is 4.09. The van der Waals surface area contributed by atoms with E-state index < -0.39 is 0 Å². The number of hydrogen-bond donors (Lipinski definition) is 1. The van der Waals surface area contributed by atoms with Gasteiger partial charge in [-0.3, -0.25) is 0 Å². The zero-order valence-electron chi connectivity index (χ0n) is 9.77. The molecular weight excluding hydrogens is 204 g/mol. The van der Waals surface area contributed by atoms with Crippen molar-refractivity contribution in [3.05, 3.63) is 24.4 Å². The summed E-state index contributed by atoms with van der Waals surface area (Å²) in [5, 5.41) is 7.45. The van der Waals surface area contributed by atoms with Gasteiger partial charge in [-0.2, -0.15) is 4.98 Å². The topological polar surface area (TPSA) is 51.5 Å². The number of pyridine rings is 1. The number of hydrogen-bond acceptors (Lipinski definition) is 4. The fraction of sp³-hybridized carbons (Fsp3) is 0.455. The molecule has 16 heavy (non-hydrogen) atoms. The van der Waals surface area contributed by atoms with Gasteiger partial charge in [0.1, 0.15) is 0 Å². The van der Waals surface area contributed by atoms with E-state index >= 15 is 0 Å². The second-order valence-electron chi connectivity index (χ2n) is 4.26. The first-order valence-electron chi connectivity index (χ1n) is 5.21. The molecule has 0 saturated carbocycles. The molecule has 0 amide bonds. The van der Waals surface area contributed by atoms with Crippen molar-refractivity contribution in [3.63, 3.8) is 0 Å². The molecule has 0 atom stereocenters. The summed E-state index contributed by atoms with van der Waals surface area (Å²) in [5.41, 5.74) is 0.609. The maximum atomic E-state index is 5.31.